The van der Waals surface area contributed by atoms with Crippen molar-refractivity contribution in [2.75, 3.05) is 39.3 Å². The molecule has 0 bridgehead atoms. The minimum atomic E-state index is -3.64. The van der Waals surface area contributed by atoms with Crippen LogP contribution in [0.2, 0.25) is 0 Å². The average Bonchev–Trinajstić information content (AvgIpc) is 3.48. The Bertz CT molecular complexity index is 1310. The number of amides is 1. The van der Waals surface area contributed by atoms with Gasteiger partial charge in [-0.15, -0.1) is 0 Å². The van der Waals surface area contributed by atoms with Gasteiger partial charge >= 0.3 is 0 Å². The molecule has 34 heavy (non-hydrogen) atoms. The first-order valence-corrected chi connectivity index (χ1v) is 13.0. The van der Waals surface area contributed by atoms with E-state index in [0.717, 1.165) is 42.8 Å². The van der Waals surface area contributed by atoms with E-state index in [0.29, 0.717) is 38.3 Å². The Labute approximate surface area is 198 Å². The van der Waals surface area contributed by atoms with Crippen molar-refractivity contribution < 1.29 is 17.6 Å². The second-order valence-corrected chi connectivity index (χ2v) is 10.9. The third-order valence-electron chi connectivity index (χ3n) is 6.76. The zero-order valence-corrected chi connectivity index (χ0v) is 20.0. The fourth-order valence-electron chi connectivity index (χ4n) is 4.71. The second kappa shape index (κ2) is 9.09. The topological polar surface area (TPSA) is 78.7 Å². The van der Waals surface area contributed by atoms with Gasteiger partial charge in [-0.05, 0) is 55.3 Å². The van der Waals surface area contributed by atoms with Gasteiger partial charge in [-0.3, -0.25) is 9.69 Å². The zero-order chi connectivity index (χ0) is 23.9. The van der Waals surface area contributed by atoms with E-state index in [-0.39, 0.29) is 10.8 Å². The number of aryl methyl sites for hydroxylation is 1. The van der Waals surface area contributed by atoms with Crippen LogP contribution in [-0.4, -0.2) is 77.2 Å². The predicted molar refractivity (Wildman–Crippen MR) is 126 cm³/mol. The molecule has 0 N–H and O–H groups in total. The molecule has 0 saturated carbocycles. The minimum absolute atomic E-state index is 0.0603. The van der Waals surface area contributed by atoms with Crippen molar-refractivity contribution in [3.63, 3.8) is 0 Å². The third kappa shape index (κ3) is 4.33. The van der Waals surface area contributed by atoms with E-state index in [4.69, 9.17) is 4.98 Å². The van der Waals surface area contributed by atoms with Crippen LogP contribution in [-0.2, 0) is 23.6 Å². The lowest BCUT2D eigenvalue weighted by atomic mass is 10.2. The van der Waals surface area contributed by atoms with Gasteiger partial charge in [0.1, 0.15) is 11.6 Å². The number of halogens is 1. The molecular weight excluding hydrogens is 457 g/mol. The van der Waals surface area contributed by atoms with Crippen LogP contribution in [0.3, 0.4) is 0 Å². The van der Waals surface area contributed by atoms with E-state index in [9.17, 15) is 17.6 Å². The number of hydrogen-bond donors (Lipinski definition) is 0. The number of aromatic nitrogens is 2. The molecule has 3 aromatic rings. The van der Waals surface area contributed by atoms with Gasteiger partial charge in [-0.1, -0.05) is 0 Å². The van der Waals surface area contributed by atoms with E-state index in [2.05, 4.69) is 4.90 Å². The van der Waals surface area contributed by atoms with E-state index in [1.165, 1.54) is 28.6 Å². The lowest BCUT2D eigenvalue weighted by molar-refractivity contribution is 0.0793. The number of carbonyl (C=O) groups is 1. The van der Waals surface area contributed by atoms with Crippen LogP contribution in [0.4, 0.5) is 4.39 Å². The number of nitrogens with zero attached hydrogens (tertiary/aromatic N) is 5. The summed E-state index contributed by atoms with van der Waals surface area (Å²) in [4.78, 5) is 21.7. The van der Waals surface area contributed by atoms with Gasteiger partial charge in [0.2, 0.25) is 10.0 Å². The summed E-state index contributed by atoms with van der Waals surface area (Å²) in [6.45, 7) is 4.08. The average molecular weight is 486 g/mol. The van der Waals surface area contributed by atoms with Gasteiger partial charge in [0.15, 0.2) is 0 Å². The number of hydrogen-bond acceptors (Lipinski definition) is 5. The Morgan fingerprint density at radius 1 is 0.971 bits per heavy atom. The van der Waals surface area contributed by atoms with Crippen molar-refractivity contribution in [3.8, 4) is 0 Å². The maximum absolute atomic E-state index is 13.2. The highest BCUT2D eigenvalue weighted by atomic mass is 32.2. The fraction of sp³-hybridized carbons (Fsp3) is 0.417. The number of rotatable bonds is 5. The van der Waals surface area contributed by atoms with E-state index < -0.39 is 15.8 Å². The standard InChI is InChI=1S/C24H28FN5O3S/c1-27-22-9-4-18(24(31)29-10-2-3-11-29)16-21(22)26-23(27)17-28-12-14-30(15-13-28)34(32,33)20-7-5-19(25)6-8-20/h4-9,16H,2-3,10-15,17H2,1H3. The number of benzene rings is 2. The smallest absolute Gasteiger partial charge is 0.253 e. The van der Waals surface area contributed by atoms with Crippen LogP contribution in [0, 0.1) is 5.82 Å². The summed E-state index contributed by atoms with van der Waals surface area (Å²) in [5, 5.41) is 0. The summed E-state index contributed by atoms with van der Waals surface area (Å²) in [7, 11) is -1.68. The van der Waals surface area contributed by atoms with Gasteiger partial charge in [-0.2, -0.15) is 4.31 Å². The summed E-state index contributed by atoms with van der Waals surface area (Å²) in [5.74, 6) is 0.472. The van der Waals surface area contributed by atoms with Gasteiger partial charge in [0.25, 0.3) is 5.91 Å². The third-order valence-corrected chi connectivity index (χ3v) is 8.67. The van der Waals surface area contributed by atoms with E-state index in [1.54, 1.807) is 0 Å². The monoisotopic (exact) mass is 485 g/mol. The molecule has 2 aliphatic heterocycles. The Kier molecular flexibility index (Phi) is 6.13. The van der Waals surface area contributed by atoms with Gasteiger partial charge < -0.3 is 9.47 Å². The van der Waals surface area contributed by atoms with Crippen LogP contribution < -0.4 is 0 Å². The van der Waals surface area contributed by atoms with Crippen LogP contribution in [0.25, 0.3) is 11.0 Å². The second-order valence-electron chi connectivity index (χ2n) is 8.92. The number of fused-ring (bicyclic) bond motifs is 1. The first kappa shape index (κ1) is 22.9. The van der Waals surface area contributed by atoms with Crippen molar-refractivity contribution in [3.05, 3.63) is 59.7 Å². The number of sulfonamides is 1. The Morgan fingerprint density at radius 3 is 2.32 bits per heavy atom. The number of carbonyl (C=O) groups excluding carboxylic acids is 1. The molecule has 180 valence electrons. The number of piperazine rings is 1. The first-order chi connectivity index (χ1) is 16.3. The molecule has 0 unspecified atom stereocenters. The van der Waals surface area contributed by atoms with Crippen LogP contribution in [0.5, 0.6) is 0 Å². The summed E-state index contributed by atoms with van der Waals surface area (Å²) >= 11 is 0. The highest BCUT2D eigenvalue weighted by molar-refractivity contribution is 7.89. The van der Waals surface area contributed by atoms with Crippen molar-refractivity contribution in [2.45, 2.75) is 24.3 Å². The highest BCUT2D eigenvalue weighted by Crippen LogP contribution is 2.22. The van der Waals surface area contributed by atoms with E-state index in [1.807, 2.05) is 34.7 Å². The Hall–Kier alpha value is -2.82. The Balaban J connectivity index is 1.26. The highest BCUT2D eigenvalue weighted by Gasteiger charge is 2.29. The van der Waals surface area contributed by atoms with Crippen molar-refractivity contribution >= 4 is 27.0 Å². The number of imidazole rings is 1. The molecule has 2 aromatic carbocycles. The van der Waals surface area contributed by atoms with Crippen molar-refractivity contribution in [1.82, 2.24) is 23.7 Å². The number of likely N-dealkylation sites (tertiary alicyclic amines) is 1. The molecule has 5 rings (SSSR count). The molecule has 2 fully saturated rings. The summed E-state index contributed by atoms with van der Waals surface area (Å²) < 4.78 is 42.4. The minimum Gasteiger partial charge on any atom is -0.339 e. The molecule has 3 heterocycles. The van der Waals surface area contributed by atoms with Gasteiger partial charge in [-0.25, -0.2) is 17.8 Å². The molecule has 8 nitrogen and oxygen atoms in total. The van der Waals surface area contributed by atoms with E-state index >= 15 is 0 Å². The molecular formula is C24H28FN5O3S. The zero-order valence-electron chi connectivity index (χ0n) is 19.2. The maximum Gasteiger partial charge on any atom is 0.253 e. The summed E-state index contributed by atoms with van der Waals surface area (Å²) in [6, 6.07) is 10.6. The molecule has 0 aliphatic carbocycles. The first-order valence-electron chi connectivity index (χ1n) is 11.6. The van der Waals surface area contributed by atoms with Crippen molar-refractivity contribution in [2.24, 2.45) is 7.05 Å². The molecule has 1 amide bonds. The summed E-state index contributed by atoms with van der Waals surface area (Å²) in [5.41, 5.74) is 2.42. The van der Waals surface area contributed by atoms with Gasteiger partial charge in [0, 0.05) is 51.9 Å². The molecule has 0 spiro atoms. The lowest BCUT2D eigenvalue weighted by Gasteiger charge is -2.33. The quantitative estimate of drug-likeness (QED) is 0.555. The largest absolute Gasteiger partial charge is 0.339 e. The SMILES string of the molecule is Cn1c(CN2CCN(S(=O)(=O)c3ccc(F)cc3)CC2)nc2cc(C(=O)N3CCCC3)ccc21. The molecule has 0 atom stereocenters. The van der Waals surface area contributed by atoms with Crippen LogP contribution >= 0.6 is 0 Å². The summed E-state index contributed by atoms with van der Waals surface area (Å²) in [6.07, 6.45) is 2.11. The van der Waals surface area contributed by atoms with Crippen LogP contribution in [0.1, 0.15) is 29.0 Å². The lowest BCUT2D eigenvalue weighted by Crippen LogP contribution is -2.48. The Morgan fingerprint density at radius 2 is 1.65 bits per heavy atom. The molecule has 2 saturated heterocycles. The molecule has 0 radical (unpaired) electrons. The maximum atomic E-state index is 13.2. The predicted octanol–water partition coefficient (Wildman–Crippen LogP) is 2.45. The van der Waals surface area contributed by atoms with Gasteiger partial charge in [0.05, 0.1) is 22.5 Å². The molecule has 10 heteroatoms. The fourth-order valence-corrected chi connectivity index (χ4v) is 6.13. The van der Waals surface area contributed by atoms with Crippen LogP contribution in [0.15, 0.2) is 47.4 Å². The molecule has 2 aliphatic rings. The molecule has 1 aromatic heterocycles. The normalized spacial score (nSPS) is 18.1. The van der Waals surface area contributed by atoms with Crippen molar-refractivity contribution in [1.29, 1.82) is 0 Å².